The van der Waals surface area contributed by atoms with Crippen LogP contribution in [0.3, 0.4) is 0 Å². The van der Waals surface area contributed by atoms with Crippen molar-refractivity contribution in [1.82, 2.24) is 18.3 Å². The lowest BCUT2D eigenvalue weighted by Gasteiger charge is -2.14. The van der Waals surface area contributed by atoms with Gasteiger partial charge in [-0.15, -0.1) is 0 Å². The Balaban J connectivity index is 1.15. The molecular weight excluding hydrogens is 705 g/mol. The first kappa shape index (κ1) is 31.4. The molecule has 0 amide bonds. The first-order valence-electron chi connectivity index (χ1n) is 20.0. The summed E-state index contributed by atoms with van der Waals surface area (Å²) < 4.78 is 9.86. The van der Waals surface area contributed by atoms with Gasteiger partial charge in [-0.1, -0.05) is 127 Å². The lowest BCUT2D eigenvalue weighted by molar-refractivity contribution is 1.15. The summed E-state index contributed by atoms with van der Waals surface area (Å²) in [6.07, 6.45) is 0. The second kappa shape index (κ2) is 11.8. The van der Waals surface area contributed by atoms with Gasteiger partial charge in [0.25, 0.3) is 0 Å². The summed E-state index contributed by atoms with van der Waals surface area (Å²) in [6.45, 7) is 0. The predicted octanol–water partition coefficient (Wildman–Crippen LogP) is 14.1. The number of para-hydroxylation sites is 6. The van der Waals surface area contributed by atoms with Gasteiger partial charge in [-0.25, -0.2) is 0 Å². The largest absolute Gasteiger partial charge is 0.309 e. The zero-order valence-corrected chi connectivity index (χ0v) is 31.4. The van der Waals surface area contributed by atoms with Crippen LogP contribution in [-0.2, 0) is 0 Å². The zero-order valence-electron chi connectivity index (χ0n) is 31.4. The summed E-state index contributed by atoms with van der Waals surface area (Å²) in [5.74, 6) is 0. The maximum absolute atomic E-state index is 2.54. The molecule has 0 saturated carbocycles. The molecule has 0 unspecified atom stereocenters. The van der Waals surface area contributed by atoms with Gasteiger partial charge in [0.05, 0.1) is 49.8 Å². The first-order chi connectivity index (χ1) is 28.8. The van der Waals surface area contributed by atoms with Gasteiger partial charge in [-0.2, -0.15) is 0 Å². The molecule has 0 aliphatic carbocycles. The van der Waals surface area contributed by atoms with Crippen LogP contribution in [0.25, 0.3) is 110 Å². The van der Waals surface area contributed by atoms with Gasteiger partial charge in [0.2, 0.25) is 0 Å². The van der Waals surface area contributed by atoms with E-state index in [1.165, 1.54) is 87.2 Å². The SMILES string of the molecule is c1ccc(-n2c3ccccc3c3cc(-n4c5ccccc5c5c(-n6c7ccccc7c7ccc8c9ccccc9n(-c9ccccc9)c8c76)cccc54)ccc32)cc1. The molecule has 0 aliphatic heterocycles. The molecule has 13 aromatic rings. The van der Waals surface area contributed by atoms with E-state index >= 15 is 0 Å². The van der Waals surface area contributed by atoms with E-state index in [2.05, 4.69) is 225 Å². The fraction of sp³-hybridized carbons (Fsp3) is 0. The lowest BCUT2D eigenvalue weighted by Crippen LogP contribution is -1.99. The summed E-state index contributed by atoms with van der Waals surface area (Å²) >= 11 is 0. The molecule has 0 aliphatic rings. The number of hydrogen-bond acceptors (Lipinski definition) is 0. The standard InChI is InChI=1S/C54H34N4/c1-3-16-35(17-4-1)55-45-24-11-9-22-40(45)44-34-37(30-33-49(44)55)56-48-27-14-10-23-43(48)52-50(56)28-15-29-51(52)58-47-26-13-8-21-39(47)42-32-31-41-38-20-7-12-25-46(38)57(53(41)54(42)58)36-18-5-2-6-19-36/h1-34H. The topological polar surface area (TPSA) is 19.7 Å². The summed E-state index contributed by atoms with van der Waals surface area (Å²) in [5, 5.41) is 9.90. The Labute approximate surface area is 333 Å². The van der Waals surface area contributed by atoms with Gasteiger partial charge < -0.3 is 18.3 Å². The fourth-order valence-electron chi connectivity index (χ4n) is 10.0. The van der Waals surface area contributed by atoms with Crippen molar-refractivity contribution in [2.45, 2.75) is 0 Å². The van der Waals surface area contributed by atoms with Gasteiger partial charge in [0, 0.05) is 60.2 Å². The van der Waals surface area contributed by atoms with E-state index in [0.29, 0.717) is 0 Å². The van der Waals surface area contributed by atoms with Crippen molar-refractivity contribution in [1.29, 1.82) is 0 Å². The van der Waals surface area contributed by atoms with Crippen molar-refractivity contribution in [3.8, 4) is 22.7 Å². The Morgan fingerprint density at radius 2 is 0.655 bits per heavy atom. The van der Waals surface area contributed by atoms with Crippen molar-refractivity contribution < 1.29 is 0 Å². The van der Waals surface area contributed by atoms with Crippen LogP contribution >= 0.6 is 0 Å². The van der Waals surface area contributed by atoms with Crippen molar-refractivity contribution in [2.75, 3.05) is 0 Å². The van der Waals surface area contributed by atoms with Crippen molar-refractivity contribution >= 4 is 87.2 Å². The molecule has 270 valence electrons. The van der Waals surface area contributed by atoms with Gasteiger partial charge in [0.1, 0.15) is 0 Å². The van der Waals surface area contributed by atoms with Gasteiger partial charge in [-0.05, 0) is 78.9 Å². The van der Waals surface area contributed by atoms with Gasteiger partial charge in [-0.3, -0.25) is 0 Å². The van der Waals surface area contributed by atoms with E-state index < -0.39 is 0 Å². The average molecular weight is 739 g/mol. The van der Waals surface area contributed by atoms with E-state index in [0.717, 1.165) is 22.7 Å². The highest BCUT2D eigenvalue weighted by molar-refractivity contribution is 6.25. The second-order valence-corrected chi connectivity index (χ2v) is 15.3. The third-order valence-electron chi connectivity index (χ3n) is 12.3. The maximum Gasteiger partial charge on any atom is 0.0789 e. The second-order valence-electron chi connectivity index (χ2n) is 15.3. The van der Waals surface area contributed by atoms with E-state index in [1.807, 2.05) is 0 Å². The van der Waals surface area contributed by atoms with E-state index in [9.17, 15) is 0 Å². The Hall–Kier alpha value is -7.82. The van der Waals surface area contributed by atoms with Crippen LogP contribution in [0, 0.1) is 0 Å². The number of rotatable bonds is 4. The van der Waals surface area contributed by atoms with Crippen LogP contribution in [0.5, 0.6) is 0 Å². The lowest BCUT2D eigenvalue weighted by atomic mass is 10.1. The van der Waals surface area contributed by atoms with Crippen molar-refractivity contribution in [3.05, 3.63) is 206 Å². The highest BCUT2D eigenvalue weighted by atomic mass is 15.1. The Kier molecular flexibility index (Phi) is 6.41. The number of benzene rings is 9. The average Bonchev–Trinajstić information content (AvgIpc) is 4.02. The highest BCUT2D eigenvalue weighted by Gasteiger charge is 2.24. The molecule has 4 nitrogen and oxygen atoms in total. The fourth-order valence-corrected chi connectivity index (χ4v) is 10.0. The van der Waals surface area contributed by atoms with Crippen LogP contribution < -0.4 is 0 Å². The quantitative estimate of drug-likeness (QED) is 0.171. The molecule has 9 aromatic carbocycles. The number of nitrogens with zero attached hydrogens (tertiary/aromatic N) is 4. The Bertz CT molecular complexity index is 3780. The maximum atomic E-state index is 2.54. The Morgan fingerprint density at radius 1 is 0.224 bits per heavy atom. The van der Waals surface area contributed by atoms with Crippen molar-refractivity contribution in [2.24, 2.45) is 0 Å². The molecule has 4 heteroatoms. The van der Waals surface area contributed by atoms with Crippen molar-refractivity contribution in [3.63, 3.8) is 0 Å². The number of fused-ring (bicyclic) bond motifs is 13. The minimum atomic E-state index is 1.14. The van der Waals surface area contributed by atoms with Crippen LogP contribution in [0.2, 0.25) is 0 Å². The van der Waals surface area contributed by atoms with E-state index in [1.54, 1.807) is 0 Å². The van der Waals surface area contributed by atoms with Crippen LogP contribution in [0.1, 0.15) is 0 Å². The molecule has 0 radical (unpaired) electrons. The molecule has 58 heavy (non-hydrogen) atoms. The molecule has 0 spiro atoms. The van der Waals surface area contributed by atoms with E-state index in [4.69, 9.17) is 0 Å². The van der Waals surface area contributed by atoms with Gasteiger partial charge in [0.15, 0.2) is 0 Å². The normalized spacial score (nSPS) is 12.1. The monoisotopic (exact) mass is 738 g/mol. The summed E-state index contributed by atoms with van der Waals surface area (Å²) in [5.41, 5.74) is 14.2. The summed E-state index contributed by atoms with van der Waals surface area (Å²) in [7, 11) is 0. The van der Waals surface area contributed by atoms with Crippen LogP contribution in [0.15, 0.2) is 206 Å². The molecular formula is C54H34N4. The molecule has 0 saturated heterocycles. The molecule has 4 heterocycles. The number of aromatic nitrogens is 4. The molecule has 0 fully saturated rings. The third kappa shape index (κ3) is 4.18. The number of hydrogen-bond donors (Lipinski definition) is 0. The molecule has 4 aromatic heterocycles. The first-order valence-corrected chi connectivity index (χ1v) is 20.0. The molecule has 13 rings (SSSR count). The minimum Gasteiger partial charge on any atom is -0.309 e. The minimum absolute atomic E-state index is 1.14. The van der Waals surface area contributed by atoms with Crippen LogP contribution in [0.4, 0.5) is 0 Å². The third-order valence-corrected chi connectivity index (χ3v) is 12.3. The summed E-state index contributed by atoms with van der Waals surface area (Å²) in [4.78, 5) is 0. The smallest absolute Gasteiger partial charge is 0.0789 e. The predicted molar refractivity (Wildman–Crippen MR) is 244 cm³/mol. The van der Waals surface area contributed by atoms with Gasteiger partial charge >= 0.3 is 0 Å². The highest BCUT2D eigenvalue weighted by Crippen LogP contribution is 2.45. The molecule has 0 N–H and O–H groups in total. The van der Waals surface area contributed by atoms with E-state index in [-0.39, 0.29) is 0 Å². The zero-order chi connectivity index (χ0) is 37.9. The molecule has 0 atom stereocenters. The molecule has 0 bridgehead atoms. The Morgan fingerprint density at radius 3 is 1.29 bits per heavy atom. The summed E-state index contributed by atoms with van der Waals surface area (Å²) in [6, 6.07) is 75.4. The van der Waals surface area contributed by atoms with Crippen LogP contribution in [-0.4, -0.2) is 18.3 Å².